The lowest BCUT2D eigenvalue weighted by atomic mass is 10.3. The van der Waals surface area contributed by atoms with E-state index in [9.17, 15) is 4.79 Å². The largest absolute Gasteiger partial charge is 0.495 e. The van der Waals surface area contributed by atoms with Gasteiger partial charge in [0, 0.05) is 19.1 Å². The molecule has 5 nitrogen and oxygen atoms in total. The Morgan fingerprint density at radius 3 is 2.85 bits per heavy atom. The maximum atomic E-state index is 11.8. The van der Waals surface area contributed by atoms with E-state index in [-0.39, 0.29) is 5.91 Å². The van der Waals surface area contributed by atoms with Crippen LogP contribution in [0.3, 0.4) is 0 Å². The molecular formula is C15H23N3O2. The number of carbonyl (C=O) groups is 1. The number of hydrogen-bond acceptors (Lipinski definition) is 4. The molecule has 1 aliphatic carbocycles. The standard InChI is InChI=1S/C15H23N3O2/c1-18(12-7-8-12)10-9-16-11-15(19)17-13-5-3-4-6-14(13)20-2/h3-6,12,16H,7-11H2,1-2H3,(H,17,19). The lowest BCUT2D eigenvalue weighted by Gasteiger charge is -2.15. The molecule has 0 saturated heterocycles. The van der Waals surface area contributed by atoms with Gasteiger partial charge in [0.2, 0.25) is 5.91 Å². The maximum absolute atomic E-state index is 11.8. The summed E-state index contributed by atoms with van der Waals surface area (Å²) < 4.78 is 5.19. The fourth-order valence-electron chi connectivity index (χ4n) is 2.10. The second-order valence-corrected chi connectivity index (χ2v) is 5.14. The predicted octanol–water partition coefficient (Wildman–Crippen LogP) is 1.32. The second-order valence-electron chi connectivity index (χ2n) is 5.14. The molecule has 0 unspecified atom stereocenters. The van der Waals surface area contributed by atoms with Crippen molar-refractivity contribution in [3.05, 3.63) is 24.3 Å². The third-order valence-corrected chi connectivity index (χ3v) is 3.48. The highest BCUT2D eigenvalue weighted by Gasteiger charge is 2.25. The highest BCUT2D eigenvalue weighted by molar-refractivity contribution is 5.93. The summed E-state index contributed by atoms with van der Waals surface area (Å²) in [6, 6.07) is 8.17. The molecule has 110 valence electrons. The van der Waals surface area contributed by atoms with Crippen LogP contribution in [0.5, 0.6) is 5.75 Å². The van der Waals surface area contributed by atoms with Gasteiger partial charge in [-0.25, -0.2) is 0 Å². The van der Waals surface area contributed by atoms with Crippen LogP contribution in [0.15, 0.2) is 24.3 Å². The number of likely N-dealkylation sites (N-methyl/N-ethyl adjacent to an activating group) is 1. The Hall–Kier alpha value is -1.59. The van der Waals surface area contributed by atoms with Gasteiger partial charge in [-0.1, -0.05) is 12.1 Å². The van der Waals surface area contributed by atoms with Crippen molar-refractivity contribution in [2.75, 3.05) is 39.1 Å². The van der Waals surface area contributed by atoms with Gasteiger partial charge in [-0.05, 0) is 32.0 Å². The number of benzene rings is 1. The molecule has 5 heteroatoms. The summed E-state index contributed by atoms with van der Waals surface area (Å²) >= 11 is 0. The van der Waals surface area contributed by atoms with Crippen molar-refractivity contribution in [2.24, 2.45) is 0 Å². The van der Waals surface area contributed by atoms with Crippen LogP contribution < -0.4 is 15.4 Å². The van der Waals surface area contributed by atoms with Gasteiger partial charge in [0.15, 0.2) is 0 Å². The van der Waals surface area contributed by atoms with Gasteiger partial charge in [-0.15, -0.1) is 0 Å². The Morgan fingerprint density at radius 2 is 2.15 bits per heavy atom. The summed E-state index contributed by atoms with van der Waals surface area (Å²) in [7, 11) is 3.73. The SMILES string of the molecule is COc1ccccc1NC(=O)CNCCN(C)C1CC1. The summed E-state index contributed by atoms with van der Waals surface area (Å²) in [5.74, 6) is 0.623. The van der Waals surface area contributed by atoms with Crippen molar-refractivity contribution in [1.29, 1.82) is 0 Å². The number of nitrogens with one attached hydrogen (secondary N) is 2. The van der Waals surface area contributed by atoms with Gasteiger partial charge in [0.05, 0.1) is 19.3 Å². The van der Waals surface area contributed by atoms with E-state index in [1.165, 1.54) is 12.8 Å². The fourth-order valence-corrected chi connectivity index (χ4v) is 2.10. The van der Waals surface area contributed by atoms with Crippen molar-refractivity contribution in [3.8, 4) is 5.75 Å². The quantitative estimate of drug-likeness (QED) is 0.704. The van der Waals surface area contributed by atoms with Crippen LogP contribution in [0.2, 0.25) is 0 Å². The molecule has 0 aliphatic heterocycles. The summed E-state index contributed by atoms with van der Waals surface area (Å²) in [6.45, 7) is 2.12. The Kier molecular flexibility index (Phi) is 5.38. The van der Waals surface area contributed by atoms with Crippen LogP contribution in [0.4, 0.5) is 5.69 Å². The third-order valence-electron chi connectivity index (χ3n) is 3.48. The molecule has 0 aromatic heterocycles. The minimum atomic E-state index is -0.0522. The number of methoxy groups -OCH3 is 1. The number of ether oxygens (including phenoxy) is 1. The zero-order valence-corrected chi connectivity index (χ0v) is 12.2. The molecule has 1 fully saturated rings. The Balaban J connectivity index is 1.67. The van der Waals surface area contributed by atoms with Crippen LogP contribution in [0.1, 0.15) is 12.8 Å². The smallest absolute Gasteiger partial charge is 0.238 e. The average molecular weight is 277 g/mol. The Labute approximate surface area is 120 Å². The van der Waals surface area contributed by atoms with Gasteiger partial charge >= 0.3 is 0 Å². The summed E-state index contributed by atoms with van der Waals surface area (Å²) in [5.41, 5.74) is 0.705. The van der Waals surface area contributed by atoms with E-state index in [2.05, 4.69) is 22.6 Å². The topological polar surface area (TPSA) is 53.6 Å². The highest BCUT2D eigenvalue weighted by Crippen LogP contribution is 2.24. The first-order chi connectivity index (χ1) is 9.70. The molecule has 0 atom stereocenters. The van der Waals surface area contributed by atoms with Gasteiger partial charge in [-0.2, -0.15) is 0 Å². The van der Waals surface area contributed by atoms with E-state index < -0.39 is 0 Å². The highest BCUT2D eigenvalue weighted by atomic mass is 16.5. The molecule has 20 heavy (non-hydrogen) atoms. The zero-order chi connectivity index (χ0) is 14.4. The number of anilines is 1. The first-order valence-electron chi connectivity index (χ1n) is 7.04. The molecule has 0 spiro atoms. The number of amides is 1. The zero-order valence-electron chi connectivity index (χ0n) is 12.2. The van der Waals surface area contributed by atoms with Crippen molar-refractivity contribution in [2.45, 2.75) is 18.9 Å². The van der Waals surface area contributed by atoms with Crippen molar-refractivity contribution in [3.63, 3.8) is 0 Å². The molecule has 2 N–H and O–H groups in total. The minimum Gasteiger partial charge on any atom is -0.495 e. The van der Waals surface area contributed by atoms with Gasteiger partial charge in [0.1, 0.15) is 5.75 Å². The number of rotatable bonds is 8. The summed E-state index contributed by atoms with van der Waals surface area (Å²) in [6.07, 6.45) is 2.62. The van der Waals surface area contributed by atoms with E-state index in [0.717, 1.165) is 19.1 Å². The number of carbonyl (C=O) groups excluding carboxylic acids is 1. The molecule has 1 aromatic carbocycles. The van der Waals surface area contributed by atoms with E-state index in [4.69, 9.17) is 4.74 Å². The summed E-state index contributed by atoms with van der Waals surface area (Å²) in [5, 5.41) is 6.01. The second kappa shape index (κ2) is 7.26. The average Bonchev–Trinajstić information content (AvgIpc) is 3.28. The van der Waals surface area contributed by atoms with Crippen molar-refractivity contribution >= 4 is 11.6 Å². The molecule has 1 saturated carbocycles. The Bertz CT molecular complexity index is 446. The molecular weight excluding hydrogens is 254 g/mol. The van der Waals surface area contributed by atoms with Crippen LogP contribution in [-0.2, 0) is 4.79 Å². The first-order valence-corrected chi connectivity index (χ1v) is 7.04. The summed E-state index contributed by atoms with van der Waals surface area (Å²) in [4.78, 5) is 14.2. The monoisotopic (exact) mass is 277 g/mol. The molecule has 1 amide bonds. The maximum Gasteiger partial charge on any atom is 0.238 e. The molecule has 2 rings (SSSR count). The van der Waals surface area contributed by atoms with E-state index in [0.29, 0.717) is 18.0 Å². The lowest BCUT2D eigenvalue weighted by molar-refractivity contribution is -0.115. The normalized spacial score (nSPS) is 14.3. The van der Waals surface area contributed by atoms with E-state index in [1.54, 1.807) is 7.11 Å². The van der Waals surface area contributed by atoms with Gasteiger partial charge in [0.25, 0.3) is 0 Å². The fraction of sp³-hybridized carbons (Fsp3) is 0.533. The number of nitrogens with zero attached hydrogens (tertiary/aromatic N) is 1. The molecule has 0 bridgehead atoms. The van der Waals surface area contributed by atoms with Crippen molar-refractivity contribution in [1.82, 2.24) is 10.2 Å². The van der Waals surface area contributed by atoms with Crippen molar-refractivity contribution < 1.29 is 9.53 Å². The predicted molar refractivity (Wildman–Crippen MR) is 80.1 cm³/mol. The van der Waals surface area contributed by atoms with Gasteiger partial charge < -0.3 is 20.3 Å². The van der Waals surface area contributed by atoms with Crippen LogP contribution in [0, 0.1) is 0 Å². The van der Waals surface area contributed by atoms with Crippen LogP contribution in [0.25, 0.3) is 0 Å². The lowest BCUT2D eigenvalue weighted by Crippen LogP contribution is -2.35. The molecule has 0 radical (unpaired) electrons. The third kappa shape index (κ3) is 4.51. The van der Waals surface area contributed by atoms with Gasteiger partial charge in [-0.3, -0.25) is 4.79 Å². The number of para-hydroxylation sites is 2. The molecule has 0 heterocycles. The minimum absolute atomic E-state index is 0.0522. The van der Waals surface area contributed by atoms with Crippen LogP contribution >= 0.6 is 0 Å². The van der Waals surface area contributed by atoms with Crippen LogP contribution in [-0.4, -0.2) is 50.6 Å². The van der Waals surface area contributed by atoms with E-state index >= 15 is 0 Å². The number of hydrogen-bond donors (Lipinski definition) is 2. The molecule has 1 aliphatic rings. The molecule has 1 aromatic rings. The first kappa shape index (κ1) is 14.8. The van der Waals surface area contributed by atoms with E-state index in [1.807, 2.05) is 24.3 Å². The Morgan fingerprint density at radius 1 is 1.40 bits per heavy atom.